The fourth-order valence-corrected chi connectivity index (χ4v) is 4.70. The summed E-state index contributed by atoms with van der Waals surface area (Å²) in [5.41, 5.74) is 3.60. The SMILES string of the molecule is CC(=NNC(=O)c1cccc(S(=O)(=O)N2CCCCC2)c1)c1ccc([N+](=O)[O-])cc1. The first-order chi connectivity index (χ1) is 14.3. The van der Waals surface area contributed by atoms with Crippen molar-refractivity contribution in [1.29, 1.82) is 0 Å². The van der Waals surface area contributed by atoms with Gasteiger partial charge in [-0.1, -0.05) is 12.5 Å². The van der Waals surface area contributed by atoms with Crippen molar-refractivity contribution in [3.05, 3.63) is 69.8 Å². The highest BCUT2D eigenvalue weighted by Crippen LogP contribution is 2.21. The lowest BCUT2D eigenvalue weighted by atomic mass is 10.1. The number of carbonyl (C=O) groups excluding carboxylic acids is 1. The van der Waals surface area contributed by atoms with E-state index in [4.69, 9.17) is 0 Å². The second-order valence-corrected chi connectivity index (χ2v) is 8.87. The van der Waals surface area contributed by atoms with Crippen molar-refractivity contribution in [3.63, 3.8) is 0 Å². The number of non-ortho nitro benzene ring substituents is 1. The van der Waals surface area contributed by atoms with Crippen molar-refractivity contribution >= 4 is 27.3 Å². The summed E-state index contributed by atoms with van der Waals surface area (Å²) in [6, 6.07) is 11.6. The summed E-state index contributed by atoms with van der Waals surface area (Å²) in [5.74, 6) is -0.549. The minimum Gasteiger partial charge on any atom is -0.267 e. The summed E-state index contributed by atoms with van der Waals surface area (Å²) >= 11 is 0. The van der Waals surface area contributed by atoms with Gasteiger partial charge in [-0.2, -0.15) is 9.41 Å². The van der Waals surface area contributed by atoms with Gasteiger partial charge in [0.1, 0.15) is 0 Å². The smallest absolute Gasteiger partial charge is 0.267 e. The first kappa shape index (κ1) is 21.6. The average molecular weight is 430 g/mol. The number of nitrogens with one attached hydrogen (secondary N) is 1. The van der Waals surface area contributed by atoms with E-state index >= 15 is 0 Å². The molecule has 1 saturated heterocycles. The monoisotopic (exact) mass is 430 g/mol. The van der Waals surface area contributed by atoms with Gasteiger partial charge in [-0.3, -0.25) is 14.9 Å². The number of hydrogen-bond acceptors (Lipinski definition) is 6. The Bertz CT molecular complexity index is 1070. The van der Waals surface area contributed by atoms with Crippen molar-refractivity contribution in [2.45, 2.75) is 31.1 Å². The Morgan fingerprint density at radius 3 is 2.37 bits per heavy atom. The van der Waals surface area contributed by atoms with Crippen LogP contribution in [0, 0.1) is 10.1 Å². The summed E-state index contributed by atoms with van der Waals surface area (Å²) in [6.07, 6.45) is 2.67. The molecule has 0 spiro atoms. The molecular formula is C20H22N4O5S. The van der Waals surface area contributed by atoms with E-state index in [0.29, 0.717) is 24.4 Å². The number of amides is 1. The molecule has 0 bridgehead atoms. The van der Waals surface area contributed by atoms with Gasteiger partial charge in [0, 0.05) is 30.8 Å². The molecule has 1 heterocycles. The van der Waals surface area contributed by atoms with Crippen molar-refractivity contribution in [3.8, 4) is 0 Å². The van der Waals surface area contributed by atoms with Gasteiger partial charge in [0.2, 0.25) is 10.0 Å². The lowest BCUT2D eigenvalue weighted by molar-refractivity contribution is -0.384. The first-order valence-corrected chi connectivity index (χ1v) is 10.9. The summed E-state index contributed by atoms with van der Waals surface area (Å²) in [5, 5.41) is 14.7. The lowest BCUT2D eigenvalue weighted by Crippen LogP contribution is -2.35. The Morgan fingerprint density at radius 2 is 1.73 bits per heavy atom. The molecule has 1 aliphatic heterocycles. The highest BCUT2D eigenvalue weighted by atomic mass is 32.2. The minimum atomic E-state index is -3.64. The highest BCUT2D eigenvalue weighted by Gasteiger charge is 2.26. The van der Waals surface area contributed by atoms with Crippen LogP contribution in [0.3, 0.4) is 0 Å². The van der Waals surface area contributed by atoms with Crippen LogP contribution in [0.5, 0.6) is 0 Å². The molecule has 1 amide bonds. The standard InChI is InChI=1S/C20H22N4O5S/c1-15(16-8-10-18(11-9-16)24(26)27)21-22-20(25)17-6-5-7-19(14-17)30(28,29)23-12-3-2-4-13-23/h5-11,14H,2-4,12-13H2,1H3,(H,22,25). The van der Waals surface area contributed by atoms with Gasteiger partial charge in [0.15, 0.2) is 0 Å². The molecule has 2 aromatic rings. The molecule has 10 heteroatoms. The van der Waals surface area contributed by atoms with Crippen LogP contribution in [0.4, 0.5) is 5.69 Å². The highest BCUT2D eigenvalue weighted by molar-refractivity contribution is 7.89. The molecular weight excluding hydrogens is 408 g/mol. The maximum absolute atomic E-state index is 12.8. The number of benzene rings is 2. The Balaban J connectivity index is 1.73. The molecule has 158 valence electrons. The van der Waals surface area contributed by atoms with Crippen LogP contribution in [-0.2, 0) is 10.0 Å². The van der Waals surface area contributed by atoms with Crippen molar-refractivity contribution in [1.82, 2.24) is 9.73 Å². The van der Waals surface area contributed by atoms with Crippen LogP contribution in [0.25, 0.3) is 0 Å². The summed E-state index contributed by atoms with van der Waals surface area (Å²) in [4.78, 5) is 22.8. The number of nitro benzene ring substituents is 1. The zero-order valence-corrected chi connectivity index (χ0v) is 17.3. The van der Waals surface area contributed by atoms with Gasteiger partial charge in [0.25, 0.3) is 11.6 Å². The second-order valence-electron chi connectivity index (χ2n) is 6.93. The number of sulfonamides is 1. The zero-order valence-electron chi connectivity index (χ0n) is 16.4. The Labute approximate surface area is 174 Å². The van der Waals surface area contributed by atoms with Crippen molar-refractivity contribution in [2.75, 3.05) is 13.1 Å². The molecule has 0 atom stereocenters. The lowest BCUT2D eigenvalue weighted by Gasteiger charge is -2.25. The van der Waals surface area contributed by atoms with E-state index in [1.807, 2.05) is 0 Å². The Kier molecular flexibility index (Phi) is 6.58. The number of nitrogens with zero attached hydrogens (tertiary/aromatic N) is 3. The third-order valence-electron chi connectivity index (χ3n) is 4.87. The molecule has 1 N–H and O–H groups in total. The predicted octanol–water partition coefficient (Wildman–Crippen LogP) is 2.92. The van der Waals surface area contributed by atoms with Gasteiger partial charge in [-0.25, -0.2) is 13.8 Å². The molecule has 9 nitrogen and oxygen atoms in total. The van der Waals surface area contributed by atoms with E-state index in [2.05, 4.69) is 10.5 Å². The van der Waals surface area contributed by atoms with E-state index in [-0.39, 0.29) is 16.1 Å². The number of piperidine rings is 1. The van der Waals surface area contributed by atoms with E-state index in [1.54, 1.807) is 6.92 Å². The fourth-order valence-electron chi connectivity index (χ4n) is 3.14. The number of nitro groups is 1. The maximum atomic E-state index is 12.8. The molecule has 0 aliphatic carbocycles. The normalized spacial score (nSPS) is 15.6. The van der Waals surface area contributed by atoms with E-state index in [1.165, 1.54) is 52.8 Å². The quantitative estimate of drug-likeness (QED) is 0.429. The number of hydrazone groups is 1. The molecule has 2 aromatic carbocycles. The van der Waals surface area contributed by atoms with Gasteiger partial charge in [0.05, 0.1) is 15.5 Å². The van der Waals surface area contributed by atoms with Crippen LogP contribution in [0.15, 0.2) is 58.5 Å². The molecule has 0 saturated carbocycles. The average Bonchev–Trinajstić information content (AvgIpc) is 2.78. The second kappa shape index (κ2) is 9.14. The Morgan fingerprint density at radius 1 is 1.07 bits per heavy atom. The number of rotatable bonds is 6. The van der Waals surface area contributed by atoms with E-state index in [0.717, 1.165) is 19.3 Å². The molecule has 0 aromatic heterocycles. The van der Waals surface area contributed by atoms with Crippen LogP contribution < -0.4 is 5.43 Å². The molecule has 0 unspecified atom stereocenters. The van der Waals surface area contributed by atoms with Gasteiger partial charge >= 0.3 is 0 Å². The number of hydrogen-bond donors (Lipinski definition) is 1. The van der Waals surface area contributed by atoms with E-state index < -0.39 is 20.9 Å². The van der Waals surface area contributed by atoms with Gasteiger partial charge < -0.3 is 0 Å². The van der Waals surface area contributed by atoms with Gasteiger partial charge in [-0.05, 0) is 55.7 Å². The van der Waals surface area contributed by atoms with Crippen LogP contribution in [-0.4, -0.2) is 42.4 Å². The Hall–Kier alpha value is -3.11. The largest absolute Gasteiger partial charge is 0.271 e. The fraction of sp³-hybridized carbons (Fsp3) is 0.300. The van der Waals surface area contributed by atoms with Crippen LogP contribution >= 0.6 is 0 Å². The number of carbonyl (C=O) groups is 1. The first-order valence-electron chi connectivity index (χ1n) is 9.49. The molecule has 1 aliphatic rings. The molecule has 1 fully saturated rings. The van der Waals surface area contributed by atoms with Crippen molar-refractivity contribution < 1.29 is 18.1 Å². The zero-order chi connectivity index (χ0) is 21.7. The van der Waals surface area contributed by atoms with Crippen LogP contribution in [0.1, 0.15) is 42.1 Å². The molecule has 0 radical (unpaired) electrons. The topological polar surface area (TPSA) is 122 Å². The summed E-state index contributed by atoms with van der Waals surface area (Å²) in [7, 11) is -3.64. The third kappa shape index (κ3) is 4.89. The summed E-state index contributed by atoms with van der Waals surface area (Å²) < 4.78 is 27.1. The molecule has 3 rings (SSSR count). The summed E-state index contributed by atoms with van der Waals surface area (Å²) in [6.45, 7) is 2.62. The van der Waals surface area contributed by atoms with Crippen LogP contribution in [0.2, 0.25) is 0 Å². The van der Waals surface area contributed by atoms with E-state index in [9.17, 15) is 23.3 Å². The molecule has 30 heavy (non-hydrogen) atoms. The van der Waals surface area contributed by atoms with Crippen molar-refractivity contribution in [2.24, 2.45) is 5.10 Å². The van der Waals surface area contributed by atoms with Gasteiger partial charge in [-0.15, -0.1) is 0 Å². The predicted molar refractivity (Wildman–Crippen MR) is 112 cm³/mol. The minimum absolute atomic E-state index is 0.0395. The third-order valence-corrected chi connectivity index (χ3v) is 6.76. The maximum Gasteiger partial charge on any atom is 0.271 e.